The van der Waals surface area contributed by atoms with Gasteiger partial charge >= 0.3 is 0 Å². The minimum absolute atomic E-state index is 0.951. The first-order valence-corrected chi connectivity index (χ1v) is 12.8. The molecule has 0 saturated heterocycles. The molecule has 30 heavy (non-hydrogen) atoms. The molecule has 0 amide bonds. The fourth-order valence-electron chi connectivity index (χ4n) is 5.14. The Morgan fingerprint density at radius 1 is 0.733 bits per heavy atom. The molecular weight excluding hydrogens is 362 g/mol. The molecule has 1 aliphatic carbocycles. The summed E-state index contributed by atoms with van der Waals surface area (Å²) in [4.78, 5) is 4.72. The monoisotopic (exact) mass is 405 g/mol. The highest BCUT2D eigenvalue weighted by molar-refractivity contribution is 5.59. The second-order valence-corrected chi connectivity index (χ2v) is 9.64. The Morgan fingerprint density at radius 3 is 2.13 bits per heavy atom. The first-order chi connectivity index (χ1) is 14.8. The molecule has 0 N–H and O–H groups in total. The second kappa shape index (κ2) is 12.9. The molecule has 1 fully saturated rings. The second-order valence-electron chi connectivity index (χ2n) is 9.64. The number of pyridine rings is 1. The summed E-state index contributed by atoms with van der Waals surface area (Å²) < 4.78 is 0. The van der Waals surface area contributed by atoms with Crippen LogP contribution in [0.15, 0.2) is 42.6 Å². The van der Waals surface area contributed by atoms with Gasteiger partial charge in [-0.2, -0.15) is 0 Å². The van der Waals surface area contributed by atoms with Gasteiger partial charge in [0.2, 0.25) is 0 Å². The van der Waals surface area contributed by atoms with Crippen molar-refractivity contribution < 1.29 is 0 Å². The van der Waals surface area contributed by atoms with Crippen molar-refractivity contribution in [3.8, 4) is 11.3 Å². The first kappa shape index (κ1) is 23.0. The van der Waals surface area contributed by atoms with E-state index in [9.17, 15) is 0 Å². The molecular formula is C29H43N. The Bertz CT molecular complexity index is 700. The molecule has 1 heterocycles. The third-order valence-electron chi connectivity index (χ3n) is 7.09. The maximum absolute atomic E-state index is 4.72. The Morgan fingerprint density at radius 2 is 1.43 bits per heavy atom. The van der Waals surface area contributed by atoms with E-state index < -0.39 is 0 Å². The lowest BCUT2D eigenvalue weighted by Crippen LogP contribution is -2.16. The van der Waals surface area contributed by atoms with Crippen molar-refractivity contribution in [1.82, 2.24) is 4.98 Å². The van der Waals surface area contributed by atoms with Crippen LogP contribution in [-0.2, 0) is 12.8 Å². The van der Waals surface area contributed by atoms with Crippen molar-refractivity contribution in [2.45, 2.75) is 104 Å². The fourth-order valence-corrected chi connectivity index (χ4v) is 5.14. The normalized spacial score (nSPS) is 19.1. The highest BCUT2D eigenvalue weighted by Crippen LogP contribution is 2.34. The molecule has 0 spiro atoms. The molecule has 2 atom stereocenters. The fraction of sp³-hybridized carbons (Fsp3) is 0.621. The maximum atomic E-state index is 4.72. The van der Waals surface area contributed by atoms with Crippen molar-refractivity contribution in [3.63, 3.8) is 0 Å². The van der Waals surface area contributed by atoms with Gasteiger partial charge in [-0.15, -0.1) is 0 Å². The lowest BCUT2D eigenvalue weighted by Gasteiger charge is -2.29. The molecule has 0 aliphatic heterocycles. The minimum atomic E-state index is 0.951. The third kappa shape index (κ3) is 7.56. The van der Waals surface area contributed by atoms with Crippen LogP contribution >= 0.6 is 0 Å². The van der Waals surface area contributed by atoms with Gasteiger partial charge in [-0.3, -0.25) is 4.98 Å². The van der Waals surface area contributed by atoms with E-state index in [1.807, 2.05) is 0 Å². The van der Waals surface area contributed by atoms with E-state index in [0.717, 1.165) is 24.0 Å². The molecule has 1 nitrogen and oxygen atoms in total. The minimum Gasteiger partial charge on any atom is -0.256 e. The number of rotatable bonds is 12. The average molecular weight is 406 g/mol. The summed E-state index contributed by atoms with van der Waals surface area (Å²) in [5, 5.41) is 0. The largest absolute Gasteiger partial charge is 0.256 e. The van der Waals surface area contributed by atoms with E-state index in [0.29, 0.717) is 0 Å². The molecule has 1 heteroatoms. The van der Waals surface area contributed by atoms with Gasteiger partial charge in [0.05, 0.1) is 5.69 Å². The highest BCUT2D eigenvalue weighted by atomic mass is 14.7. The van der Waals surface area contributed by atoms with Crippen LogP contribution in [0.4, 0.5) is 0 Å². The van der Waals surface area contributed by atoms with Crippen LogP contribution in [-0.4, -0.2) is 4.98 Å². The van der Waals surface area contributed by atoms with Crippen molar-refractivity contribution >= 4 is 0 Å². The number of nitrogens with zero attached hydrogens (tertiary/aromatic N) is 1. The molecule has 0 bridgehead atoms. The maximum Gasteiger partial charge on any atom is 0.0702 e. The van der Waals surface area contributed by atoms with Gasteiger partial charge in [-0.25, -0.2) is 0 Å². The zero-order valence-corrected chi connectivity index (χ0v) is 19.5. The van der Waals surface area contributed by atoms with E-state index >= 15 is 0 Å². The van der Waals surface area contributed by atoms with Crippen molar-refractivity contribution in [1.29, 1.82) is 0 Å². The predicted molar refractivity (Wildman–Crippen MR) is 131 cm³/mol. The van der Waals surface area contributed by atoms with Crippen LogP contribution in [0.3, 0.4) is 0 Å². The number of hydrogen-bond donors (Lipinski definition) is 0. The summed E-state index contributed by atoms with van der Waals surface area (Å²) >= 11 is 0. The standard InChI is InChI=1S/C29H43N/c1-3-5-7-10-25-12-9-13-26(22-25)15-14-24-16-19-28(20-17-24)29-21-18-27(23-30-29)11-8-6-4-2/h16-21,23,25-26H,3-15,22H2,1-2H3. The lowest BCUT2D eigenvalue weighted by molar-refractivity contribution is 0.240. The number of aromatic nitrogens is 1. The van der Waals surface area contributed by atoms with Gasteiger partial charge in [0.25, 0.3) is 0 Å². The summed E-state index contributed by atoms with van der Waals surface area (Å²) in [5.74, 6) is 1.96. The van der Waals surface area contributed by atoms with E-state index in [2.05, 4.69) is 56.4 Å². The summed E-state index contributed by atoms with van der Waals surface area (Å²) in [6, 6.07) is 13.6. The molecule has 2 unspecified atom stereocenters. The quantitative estimate of drug-likeness (QED) is 0.321. The molecule has 3 rings (SSSR count). The van der Waals surface area contributed by atoms with Gasteiger partial charge in [0.15, 0.2) is 0 Å². The van der Waals surface area contributed by atoms with E-state index in [1.165, 1.54) is 100 Å². The van der Waals surface area contributed by atoms with Gasteiger partial charge in [-0.1, -0.05) is 102 Å². The molecule has 0 radical (unpaired) electrons. The van der Waals surface area contributed by atoms with Gasteiger partial charge < -0.3 is 0 Å². The van der Waals surface area contributed by atoms with Gasteiger partial charge in [0, 0.05) is 11.8 Å². The topological polar surface area (TPSA) is 12.9 Å². The van der Waals surface area contributed by atoms with Crippen molar-refractivity contribution in [2.75, 3.05) is 0 Å². The summed E-state index contributed by atoms with van der Waals surface area (Å²) in [7, 11) is 0. The molecule has 1 aromatic heterocycles. The van der Waals surface area contributed by atoms with Gasteiger partial charge in [-0.05, 0) is 61.1 Å². The van der Waals surface area contributed by atoms with E-state index in [1.54, 1.807) is 0 Å². The Balaban J connectivity index is 1.45. The lowest BCUT2D eigenvalue weighted by atomic mass is 9.77. The number of aryl methyl sites for hydroxylation is 2. The molecule has 1 aromatic carbocycles. The Kier molecular flexibility index (Phi) is 9.93. The third-order valence-corrected chi connectivity index (χ3v) is 7.09. The van der Waals surface area contributed by atoms with Crippen LogP contribution in [0.2, 0.25) is 0 Å². The highest BCUT2D eigenvalue weighted by Gasteiger charge is 2.21. The summed E-state index contributed by atoms with van der Waals surface area (Å²) in [6.45, 7) is 4.57. The zero-order chi connectivity index (χ0) is 21.0. The van der Waals surface area contributed by atoms with Crippen LogP contribution < -0.4 is 0 Å². The summed E-state index contributed by atoms with van der Waals surface area (Å²) in [6.07, 6.45) is 21.3. The van der Waals surface area contributed by atoms with Crippen LogP contribution in [0.1, 0.15) is 102 Å². The predicted octanol–water partition coefficient (Wildman–Crippen LogP) is 8.80. The molecule has 2 aromatic rings. The molecule has 1 saturated carbocycles. The van der Waals surface area contributed by atoms with Crippen molar-refractivity contribution in [3.05, 3.63) is 53.7 Å². The van der Waals surface area contributed by atoms with Crippen LogP contribution in [0, 0.1) is 11.8 Å². The number of benzene rings is 1. The van der Waals surface area contributed by atoms with Gasteiger partial charge in [0.1, 0.15) is 0 Å². The van der Waals surface area contributed by atoms with E-state index in [4.69, 9.17) is 4.98 Å². The number of unbranched alkanes of at least 4 members (excludes halogenated alkanes) is 4. The van der Waals surface area contributed by atoms with Crippen molar-refractivity contribution in [2.24, 2.45) is 11.8 Å². The SMILES string of the molecule is CCCCCc1ccc(-c2ccc(CCC3CCCC(CCCCC)C3)cc2)nc1. The van der Waals surface area contributed by atoms with E-state index in [-0.39, 0.29) is 0 Å². The number of hydrogen-bond acceptors (Lipinski definition) is 1. The average Bonchev–Trinajstić information content (AvgIpc) is 2.79. The molecule has 164 valence electrons. The van der Waals surface area contributed by atoms with Crippen LogP contribution in [0.5, 0.6) is 0 Å². The zero-order valence-electron chi connectivity index (χ0n) is 19.5. The Hall–Kier alpha value is -1.63. The first-order valence-electron chi connectivity index (χ1n) is 12.8. The smallest absolute Gasteiger partial charge is 0.0702 e. The molecule has 1 aliphatic rings. The summed E-state index contributed by atoms with van der Waals surface area (Å²) in [5.41, 5.74) is 5.20. The van der Waals surface area contributed by atoms with Crippen LogP contribution in [0.25, 0.3) is 11.3 Å². The Labute approximate surface area is 185 Å².